The molecule has 0 spiro atoms. The lowest BCUT2D eigenvalue weighted by Gasteiger charge is -2.41. The molecule has 0 aromatic rings. The normalized spacial score (nSPS) is 34.3. The van der Waals surface area contributed by atoms with Gasteiger partial charge in [-0.25, -0.2) is 0 Å². The van der Waals surface area contributed by atoms with Gasteiger partial charge in [0.25, 0.3) is 0 Å². The second kappa shape index (κ2) is 6.36. The van der Waals surface area contributed by atoms with Crippen molar-refractivity contribution in [3.05, 3.63) is 0 Å². The minimum atomic E-state index is 0.0889. The first kappa shape index (κ1) is 14.3. The van der Waals surface area contributed by atoms with Crippen molar-refractivity contribution in [2.45, 2.75) is 51.5 Å². The maximum atomic E-state index is 9.91. The van der Waals surface area contributed by atoms with E-state index in [-0.39, 0.29) is 5.54 Å². The van der Waals surface area contributed by atoms with Gasteiger partial charge in [-0.05, 0) is 63.6 Å². The van der Waals surface area contributed by atoms with E-state index >= 15 is 0 Å². The molecule has 106 valence electrons. The topological polar surface area (TPSA) is 35.5 Å². The van der Waals surface area contributed by atoms with Crippen molar-refractivity contribution in [2.24, 2.45) is 11.8 Å². The molecule has 0 amide bonds. The first-order valence-electron chi connectivity index (χ1n) is 7.73. The Morgan fingerprint density at radius 3 is 2.83 bits per heavy atom. The monoisotopic (exact) mass is 254 g/mol. The number of likely N-dealkylation sites (tertiary alicyclic amines) is 1. The molecule has 2 aliphatic heterocycles. The average Bonchev–Trinajstić information content (AvgIpc) is 2.73. The molecule has 2 saturated heterocycles. The molecule has 0 radical (unpaired) electrons. The van der Waals surface area contributed by atoms with E-state index in [1.165, 1.54) is 51.9 Å². The van der Waals surface area contributed by atoms with Gasteiger partial charge >= 0.3 is 0 Å². The number of aliphatic hydroxyl groups is 1. The van der Waals surface area contributed by atoms with Crippen LogP contribution in [0.5, 0.6) is 0 Å². The summed E-state index contributed by atoms with van der Waals surface area (Å²) in [6.45, 7) is 9.61. The smallest absolute Gasteiger partial charge is 0.0615 e. The highest BCUT2D eigenvalue weighted by Gasteiger charge is 2.41. The highest BCUT2D eigenvalue weighted by Crippen LogP contribution is 2.35. The number of nitrogens with zero attached hydrogens (tertiary/aromatic N) is 1. The van der Waals surface area contributed by atoms with Gasteiger partial charge < -0.3 is 10.4 Å². The largest absolute Gasteiger partial charge is 0.394 e. The van der Waals surface area contributed by atoms with Gasteiger partial charge in [-0.2, -0.15) is 0 Å². The lowest BCUT2D eigenvalue weighted by molar-refractivity contribution is 0.0331. The van der Waals surface area contributed by atoms with E-state index in [1.807, 2.05) is 0 Å². The summed E-state index contributed by atoms with van der Waals surface area (Å²) in [5.41, 5.74) is 0.0889. The van der Waals surface area contributed by atoms with Crippen LogP contribution in [0.1, 0.15) is 46.0 Å². The first-order chi connectivity index (χ1) is 8.66. The number of aliphatic hydroxyl groups excluding tert-OH is 1. The van der Waals surface area contributed by atoms with Crippen LogP contribution < -0.4 is 5.32 Å². The molecular formula is C15H30N2O. The van der Waals surface area contributed by atoms with Crippen LogP contribution in [0.3, 0.4) is 0 Å². The highest BCUT2D eigenvalue weighted by molar-refractivity contribution is 4.97. The van der Waals surface area contributed by atoms with E-state index in [0.29, 0.717) is 12.5 Å². The van der Waals surface area contributed by atoms with Crippen LogP contribution in [-0.4, -0.2) is 48.3 Å². The predicted molar refractivity (Wildman–Crippen MR) is 75.7 cm³/mol. The molecule has 3 heteroatoms. The Kier molecular flexibility index (Phi) is 5.05. The summed E-state index contributed by atoms with van der Waals surface area (Å²) in [5, 5.41) is 13.4. The third-order valence-corrected chi connectivity index (χ3v) is 4.70. The van der Waals surface area contributed by atoms with E-state index in [4.69, 9.17) is 0 Å². The van der Waals surface area contributed by atoms with Crippen molar-refractivity contribution < 1.29 is 5.11 Å². The van der Waals surface area contributed by atoms with Crippen molar-refractivity contribution in [1.82, 2.24) is 10.2 Å². The van der Waals surface area contributed by atoms with Gasteiger partial charge in [-0.15, -0.1) is 0 Å². The van der Waals surface area contributed by atoms with Gasteiger partial charge in [-0.3, -0.25) is 4.90 Å². The summed E-state index contributed by atoms with van der Waals surface area (Å²) < 4.78 is 0. The zero-order chi connectivity index (χ0) is 13.0. The maximum Gasteiger partial charge on any atom is 0.0615 e. The number of nitrogens with one attached hydrogen (secondary N) is 1. The molecule has 3 nitrogen and oxygen atoms in total. The fourth-order valence-electron chi connectivity index (χ4n) is 3.91. The summed E-state index contributed by atoms with van der Waals surface area (Å²) >= 11 is 0. The molecule has 0 aromatic carbocycles. The van der Waals surface area contributed by atoms with E-state index in [9.17, 15) is 5.11 Å². The van der Waals surface area contributed by atoms with Gasteiger partial charge in [0.15, 0.2) is 0 Å². The molecule has 2 atom stereocenters. The minimum absolute atomic E-state index is 0.0889. The lowest BCUT2D eigenvalue weighted by atomic mass is 9.86. The minimum Gasteiger partial charge on any atom is -0.394 e. The lowest BCUT2D eigenvalue weighted by Crippen LogP contribution is -2.51. The Morgan fingerprint density at radius 2 is 2.22 bits per heavy atom. The third kappa shape index (κ3) is 3.25. The molecule has 2 N–H and O–H groups in total. The number of rotatable bonds is 5. The Bertz CT molecular complexity index is 251. The van der Waals surface area contributed by atoms with Crippen molar-refractivity contribution in [3.63, 3.8) is 0 Å². The highest BCUT2D eigenvalue weighted by atomic mass is 16.3. The van der Waals surface area contributed by atoms with Crippen molar-refractivity contribution in [2.75, 3.05) is 32.8 Å². The Balaban J connectivity index is 1.96. The second-order valence-electron chi connectivity index (χ2n) is 6.74. The Hall–Kier alpha value is -0.120. The van der Waals surface area contributed by atoms with Crippen molar-refractivity contribution in [3.8, 4) is 0 Å². The summed E-state index contributed by atoms with van der Waals surface area (Å²) in [7, 11) is 0. The van der Waals surface area contributed by atoms with Crippen LogP contribution >= 0.6 is 0 Å². The fourth-order valence-corrected chi connectivity index (χ4v) is 3.91. The van der Waals surface area contributed by atoms with Crippen LogP contribution in [0.2, 0.25) is 0 Å². The van der Waals surface area contributed by atoms with Gasteiger partial charge in [0.2, 0.25) is 0 Å². The molecule has 2 aliphatic rings. The van der Waals surface area contributed by atoms with E-state index < -0.39 is 0 Å². The summed E-state index contributed by atoms with van der Waals surface area (Å²) in [4.78, 5) is 2.60. The van der Waals surface area contributed by atoms with Gasteiger partial charge in [-0.1, -0.05) is 13.8 Å². The number of hydrogen-bond acceptors (Lipinski definition) is 3. The van der Waals surface area contributed by atoms with Crippen molar-refractivity contribution in [1.29, 1.82) is 0 Å². The van der Waals surface area contributed by atoms with E-state index in [1.54, 1.807) is 0 Å². The summed E-state index contributed by atoms with van der Waals surface area (Å²) in [6, 6.07) is 0. The summed E-state index contributed by atoms with van der Waals surface area (Å²) in [6.07, 6.45) is 6.25. The standard InChI is InChI=1S/C15H30N2O/c1-13(2)9-15(12-18)6-4-8-17(15)11-14-5-3-7-16-10-14/h13-14,16,18H,3-12H2,1-2H3. The molecular weight excluding hydrogens is 224 g/mol. The van der Waals surface area contributed by atoms with Crippen LogP contribution in [0.4, 0.5) is 0 Å². The van der Waals surface area contributed by atoms with Crippen molar-refractivity contribution >= 4 is 0 Å². The van der Waals surface area contributed by atoms with Crippen LogP contribution in [0.25, 0.3) is 0 Å². The molecule has 2 fully saturated rings. The zero-order valence-corrected chi connectivity index (χ0v) is 12.1. The fraction of sp³-hybridized carbons (Fsp3) is 1.00. The van der Waals surface area contributed by atoms with Crippen LogP contribution in [-0.2, 0) is 0 Å². The van der Waals surface area contributed by atoms with Crippen LogP contribution in [0, 0.1) is 11.8 Å². The molecule has 0 bridgehead atoms. The number of hydrogen-bond donors (Lipinski definition) is 2. The first-order valence-corrected chi connectivity index (χ1v) is 7.73. The summed E-state index contributed by atoms with van der Waals surface area (Å²) in [5.74, 6) is 1.46. The molecule has 2 heterocycles. The Morgan fingerprint density at radius 1 is 1.39 bits per heavy atom. The molecule has 2 unspecified atom stereocenters. The van der Waals surface area contributed by atoms with Gasteiger partial charge in [0.1, 0.15) is 0 Å². The van der Waals surface area contributed by atoms with Gasteiger partial charge in [0.05, 0.1) is 6.61 Å². The Labute approximate surface area is 112 Å². The molecule has 2 rings (SSSR count). The zero-order valence-electron chi connectivity index (χ0n) is 12.1. The molecule has 0 aromatic heterocycles. The average molecular weight is 254 g/mol. The quantitative estimate of drug-likeness (QED) is 0.786. The van der Waals surface area contributed by atoms with Crippen LogP contribution in [0.15, 0.2) is 0 Å². The maximum absolute atomic E-state index is 9.91. The SMILES string of the molecule is CC(C)CC1(CO)CCCN1CC1CCCNC1. The second-order valence-corrected chi connectivity index (χ2v) is 6.74. The van der Waals surface area contributed by atoms with E-state index in [0.717, 1.165) is 12.3 Å². The van der Waals surface area contributed by atoms with E-state index in [2.05, 4.69) is 24.1 Å². The molecule has 0 aliphatic carbocycles. The molecule has 0 saturated carbocycles. The van der Waals surface area contributed by atoms with Gasteiger partial charge in [0, 0.05) is 12.1 Å². The number of piperidine rings is 1. The predicted octanol–water partition coefficient (Wildman–Crippen LogP) is 1.86. The third-order valence-electron chi connectivity index (χ3n) is 4.70. The molecule has 18 heavy (non-hydrogen) atoms.